The van der Waals surface area contributed by atoms with Gasteiger partial charge in [-0.1, -0.05) is 83.6 Å². The van der Waals surface area contributed by atoms with Gasteiger partial charge in [0, 0.05) is 32.7 Å². The van der Waals surface area contributed by atoms with Gasteiger partial charge in [0.05, 0.1) is 16.3 Å². The van der Waals surface area contributed by atoms with E-state index in [1.54, 1.807) is 0 Å². The summed E-state index contributed by atoms with van der Waals surface area (Å²) in [7, 11) is 0. The average molecular weight is 508 g/mol. The fraction of sp³-hybridized carbons (Fsp3) is 0.133. The number of rotatable bonds is 2. The minimum absolute atomic E-state index is 0.0289. The third-order valence-electron chi connectivity index (χ3n) is 7.29. The molecular formula is C30H22ClN3OS. The third-order valence-corrected chi connectivity index (χ3v) is 8.62. The van der Waals surface area contributed by atoms with Crippen molar-refractivity contribution in [3.05, 3.63) is 131 Å². The van der Waals surface area contributed by atoms with Gasteiger partial charge in [-0.3, -0.25) is 9.36 Å². The second kappa shape index (κ2) is 8.19. The number of aromatic nitrogens is 2. The highest BCUT2D eigenvalue weighted by Gasteiger charge is 2.33. The number of hydrogen-bond donors (Lipinski definition) is 1. The highest BCUT2D eigenvalue weighted by Crippen LogP contribution is 2.42. The molecule has 5 aromatic rings. The first kappa shape index (κ1) is 21.6. The molecule has 3 aromatic carbocycles. The first-order valence-electron chi connectivity index (χ1n) is 12.0. The number of nitrogens with zero attached hydrogens (tertiary/aromatic N) is 2. The standard InChI is InChI=1S/C30H22ClN3OS/c1-17-23(20-10-5-7-13-25(20)32-17)16-26-29(35)34-28(21-11-4-6-12-24(21)31)22-15-14-18-8-2-3-9-19(18)27(22)33-30(34)36-26/h2-13,16,28,32H,14-15H2,1H3/t28-/m1/s1. The number of benzene rings is 3. The lowest BCUT2D eigenvalue weighted by molar-refractivity contribution is 0.585. The van der Waals surface area contributed by atoms with Gasteiger partial charge in [0.15, 0.2) is 4.80 Å². The van der Waals surface area contributed by atoms with Crippen LogP contribution in [0, 0.1) is 6.92 Å². The van der Waals surface area contributed by atoms with E-state index in [2.05, 4.69) is 41.4 Å². The summed E-state index contributed by atoms with van der Waals surface area (Å²) in [5.41, 5.74) is 8.65. The number of aryl methyl sites for hydroxylation is 2. The molecule has 1 atom stereocenters. The van der Waals surface area contributed by atoms with Crippen LogP contribution >= 0.6 is 22.9 Å². The lowest BCUT2D eigenvalue weighted by atomic mass is 9.83. The van der Waals surface area contributed by atoms with E-state index in [1.807, 2.05) is 54.0 Å². The van der Waals surface area contributed by atoms with Crippen molar-refractivity contribution in [3.63, 3.8) is 0 Å². The topological polar surface area (TPSA) is 50.1 Å². The van der Waals surface area contributed by atoms with Crippen LogP contribution in [0.15, 0.2) is 88.2 Å². The zero-order valence-corrected chi connectivity index (χ0v) is 21.2. The molecule has 0 spiro atoms. The van der Waals surface area contributed by atoms with Crippen LogP contribution < -0.4 is 14.9 Å². The van der Waals surface area contributed by atoms with Gasteiger partial charge < -0.3 is 4.98 Å². The number of fused-ring (bicyclic) bond motifs is 4. The summed E-state index contributed by atoms with van der Waals surface area (Å²) in [6.45, 7) is 2.05. The van der Waals surface area contributed by atoms with Crippen molar-refractivity contribution in [2.24, 2.45) is 4.99 Å². The predicted octanol–water partition coefficient (Wildman–Crippen LogP) is 5.76. The lowest BCUT2D eigenvalue weighted by Gasteiger charge is -2.31. The van der Waals surface area contributed by atoms with Crippen LogP contribution in [-0.4, -0.2) is 9.55 Å². The molecule has 1 aliphatic heterocycles. The normalized spacial score (nSPS) is 17.1. The number of nitrogens with one attached hydrogen (secondary N) is 1. The molecule has 0 bridgehead atoms. The van der Waals surface area contributed by atoms with Crippen molar-refractivity contribution in [1.82, 2.24) is 9.55 Å². The molecule has 0 saturated heterocycles. The summed E-state index contributed by atoms with van der Waals surface area (Å²) < 4.78 is 2.53. The van der Waals surface area contributed by atoms with E-state index < -0.39 is 0 Å². The van der Waals surface area contributed by atoms with E-state index in [0.717, 1.165) is 57.4 Å². The molecule has 0 radical (unpaired) electrons. The molecule has 2 aliphatic rings. The predicted molar refractivity (Wildman–Crippen MR) is 147 cm³/mol. The SMILES string of the molecule is Cc1[nH]c2ccccc2c1C=c1sc2n(c1=O)[C@H](c1ccccc1Cl)C1=C(N=2)c2ccccc2CC1. The van der Waals surface area contributed by atoms with Gasteiger partial charge in [-0.15, -0.1) is 0 Å². The lowest BCUT2D eigenvalue weighted by Crippen LogP contribution is -2.38. The fourth-order valence-electron chi connectivity index (χ4n) is 5.61. The number of thiazole rings is 1. The molecule has 7 rings (SSSR count). The highest BCUT2D eigenvalue weighted by molar-refractivity contribution is 7.07. The van der Waals surface area contributed by atoms with Gasteiger partial charge in [-0.2, -0.15) is 0 Å². The second-order valence-electron chi connectivity index (χ2n) is 9.34. The molecule has 0 fully saturated rings. The Labute approximate surface area is 216 Å². The van der Waals surface area contributed by atoms with Gasteiger partial charge in [-0.05, 0) is 54.7 Å². The maximum absolute atomic E-state index is 14.0. The van der Waals surface area contributed by atoms with E-state index in [0.29, 0.717) is 14.4 Å². The Morgan fingerprint density at radius 2 is 1.81 bits per heavy atom. The van der Waals surface area contributed by atoms with E-state index in [-0.39, 0.29) is 11.6 Å². The van der Waals surface area contributed by atoms with Crippen molar-refractivity contribution in [2.75, 3.05) is 0 Å². The van der Waals surface area contributed by atoms with E-state index in [1.165, 1.54) is 16.9 Å². The van der Waals surface area contributed by atoms with Crippen molar-refractivity contribution < 1.29 is 0 Å². The van der Waals surface area contributed by atoms with Crippen LogP contribution in [0.3, 0.4) is 0 Å². The molecule has 2 aromatic heterocycles. The third kappa shape index (κ3) is 3.20. The van der Waals surface area contributed by atoms with Crippen molar-refractivity contribution in [1.29, 1.82) is 0 Å². The highest BCUT2D eigenvalue weighted by atomic mass is 35.5. The number of aromatic amines is 1. The molecule has 0 unspecified atom stereocenters. The Bertz CT molecular complexity index is 1910. The van der Waals surface area contributed by atoms with Crippen molar-refractivity contribution in [3.8, 4) is 0 Å². The quantitative estimate of drug-likeness (QED) is 0.324. The second-order valence-corrected chi connectivity index (χ2v) is 10.8. The minimum Gasteiger partial charge on any atom is -0.358 e. The molecule has 36 heavy (non-hydrogen) atoms. The monoisotopic (exact) mass is 507 g/mol. The molecule has 3 heterocycles. The molecule has 176 valence electrons. The molecule has 4 nitrogen and oxygen atoms in total. The smallest absolute Gasteiger partial charge is 0.271 e. The Morgan fingerprint density at radius 3 is 2.69 bits per heavy atom. The van der Waals surface area contributed by atoms with Gasteiger partial charge >= 0.3 is 0 Å². The van der Waals surface area contributed by atoms with Gasteiger partial charge in [-0.25, -0.2) is 4.99 Å². The van der Waals surface area contributed by atoms with Crippen LogP contribution in [-0.2, 0) is 6.42 Å². The van der Waals surface area contributed by atoms with Crippen LogP contribution in [0.4, 0.5) is 0 Å². The minimum atomic E-state index is -0.274. The van der Waals surface area contributed by atoms with Crippen LogP contribution in [0.25, 0.3) is 22.7 Å². The van der Waals surface area contributed by atoms with E-state index in [4.69, 9.17) is 16.6 Å². The zero-order chi connectivity index (χ0) is 24.4. The summed E-state index contributed by atoms with van der Waals surface area (Å²) in [6.07, 6.45) is 3.78. The van der Waals surface area contributed by atoms with Crippen LogP contribution in [0.1, 0.15) is 40.4 Å². The molecular weight excluding hydrogens is 486 g/mol. The summed E-state index contributed by atoms with van der Waals surface area (Å²) in [6, 6.07) is 24.2. The molecule has 0 saturated carbocycles. The summed E-state index contributed by atoms with van der Waals surface area (Å²) in [4.78, 5) is 23.3. The number of para-hydroxylation sites is 1. The molecule has 0 amide bonds. The Morgan fingerprint density at radius 1 is 1.03 bits per heavy atom. The fourth-order valence-corrected chi connectivity index (χ4v) is 6.83. The Kier molecular flexibility index (Phi) is 4.91. The van der Waals surface area contributed by atoms with Crippen molar-refractivity contribution in [2.45, 2.75) is 25.8 Å². The van der Waals surface area contributed by atoms with Gasteiger partial charge in [0.2, 0.25) is 0 Å². The molecule has 6 heteroatoms. The maximum Gasteiger partial charge on any atom is 0.271 e. The molecule has 1 N–H and O–H groups in total. The maximum atomic E-state index is 14.0. The number of hydrogen-bond acceptors (Lipinski definition) is 3. The summed E-state index contributed by atoms with van der Waals surface area (Å²) in [5, 5.41) is 1.77. The van der Waals surface area contributed by atoms with Gasteiger partial charge in [0.25, 0.3) is 5.56 Å². The zero-order valence-electron chi connectivity index (χ0n) is 19.6. The van der Waals surface area contributed by atoms with Crippen LogP contribution in [0.5, 0.6) is 0 Å². The number of halogens is 1. The van der Waals surface area contributed by atoms with Crippen molar-refractivity contribution >= 4 is 45.6 Å². The summed E-state index contributed by atoms with van der Waals surface area (Å²) >= 11 is 8.19. The van der Waals surface area contributed by atoms with Crippen LogP contribution in [0.2, 0.25) is 5.02 Å². The van der Waals surface area contributed by atoms with E-state index in [9.17, 15) is 4.79 Å². The molecule has 1 aliphatic carbocycles. The first-order chi connectivity index (χ1) is 17.6. The van der Waals surface area contributed by atoms with E-state index >= 15 is 0 Å². The average Bonchev–Trinajstić information content (AvgIpc) is 3.39. The Balaban J connectivity index is 1.53. The Hall–Kier alpha value is -3.67. The largest absolute Gasteiger partial charge is 0.358 e. The number of allylic oxidation sites excluding steroid dienone is 1. The number of H-pyrrole nitrogens is 1. The summed E-state index contributed by atoms with van der Waals surface area (Å²) in [5.74, 6) is 0. The van der Waals surface area contributed by atoms with Gasteiger partial charge in [0.1, 0.15) is 0 Å². The first-order valence-corrected chi connectivity index (χ1v) is 13.2.